The van der Waals surface area contributed by atoms with E-state index in [-0.39, 0.29) is 5.91 Å². The fourth-order valence-corrected chi connectivity index (χ4v) is 2.91. The molecule has 29 heavy (non-hydrogen) atoms. The first-order valence-corrected chi connectivity index (χ1v) is 9.30. The van der Waals surface area contributed by atoms with Crippen LogP contribution in [0.15, 0.2) is 91.3 Å². The minimum absolute atomic E-state index is 0.162. The lowest BCUT2D eigenvalue weighted by molar-refractivity contribution is 0.102. The summed E-state index contributed by atoms with van der Waals surface area (Å²) in [6.07, 6.45) is 1.52. The molecule has 4 rings (SSSR count). The average molecular weight is 380 g/mol. The van der Waals surface area contributed by atoms with Crippen molar-refractivity contribution in [2.75, 3.05) is 10.6 Å². The normalized spacial score (nSPS) is 10.4. The minimum Gasteiger partial charge on any atom is -0.340 e. The third-order valence-electron chi connectivity index (χ3n) is 4.44. The molecule has 0 radical (unpaired) electrons. The van der Waals surface area contributed by atoms with Gasteiger partial charge in [-0.2, -0.15) is 0 Å². The van der Waals surface area contributed by atoms with E-state index in [1.807, 2.05) is 85.8 Å². The van der Waals surface area contributed by atoms with Crippen LogP contribution in [0.1, 0.15) is 15.9 Å². The van der Waals surface area contributed by atoms with Gasteiger partial charge in [0.05, 0.1) is 5.69 Å². The van der Waals surface area contributed by atoms with Crippen LogP contribution >= 0.6 is 0 Å². The molecule has 0 spiro atoms. The molecule has 0 aliphatic heterocycles. The summed E-state index contributed by atoms with van der Waals surface area (Å²) in [5.41, 5.74) is 5.07. The van der Waals surface area contributed by atoms with Crippen LogP contribution in [0.2, 0.25) is 0 Å². The van der Waals surface area contributed by atoms with Gasteiger partial charge in [0.1, 0.15) is 12.1 Å². The molecule has 0 saturated carbocycles. The summed E-state index contributed by atoms with van der Waals surface area (Å²) >= 11 is 0. The molecule has 3 aromatic carbocycles. The predicted octanol–water partition coefficient (Wildman–Crippen LogP) is 5.45. The molecule has 0 aliphatic rings. The lowest BCUT2D eigenvalue weighted by atomic mass is 10.1. The maximum Gasteiger partial charge on any atom is 0.255 e. The summed E-state index contributed by atoms with van der Waals surface area (Å²) in [5, 5.41) is 6.18. The van der Waals surface area contributed by atoms with E-state index in [0.29, 0.717) is 11.4 Å². The highest BCUT2D eigenvalue weighted by Crippen LogP contribution is 2.22. The predicted molar refractivity (Wildman–Crippen MR) is 116 cm³/mol. The van der Waals surface area contributed by atoms with Gasteiger partial charge in [-0.15, -0.1) is 0 Å². The zero-order chi connectivity index (χ0) is 20.1. The molecule has 4 aromatic rings. The van der Waals surface area contributed by atoms with E-state index in [2.05, 4.69) is 20.6 Å². The molecule has 5 heteroatoms. The molecule has 0 aliphatic carbocycles. The molecular weight excluding hydrogens is 360 g/mol. The standard InChI is InChI=1S/C24H20N4O/c1-17-10-12-21(13-11-17)27-23-15-22(25-16-26-23)18-6-5-7-19(14-18)24(29)28-20-8-3-2-4-9-20/h2-16H,1H3,(H,28,29)(H,25,26,27). The third-order valence-corrected chi connectivity index (χ3v) is 4.44. The Balaban J connectivity index is 1.55. The number of hydrogen-bond donors (Lipinski definition) is 2. The van der Waals surface area contributed by atoms with Crippen molar-refractivity contribution in [1.82, 2.24) is 9.97 Å². The van der Waals surface area contributed by atoms with Crippen LogP contribution in [0.3, 0.4) is 0 Å². The average Bonchev–Trinajstić information content (AvgIpc) is 2.76. The molecule has 142 valence electrons. The molecule has 1 heterocycles. The first kappa shape index (κ1) is 18.4. The first-order chi connectivity index (χ1) is 14.2. The van der Waals surface area contributed by atoms with E-state index in [9.17, 15) is 4.79 Å². The van der Waals surface area contributed by atoms with Crippen molar-refractivity contribution in [3.63, 3.8) is 0 Å². The quantitative estimate of drug-likeness (QED) is 0.483. The Labute approximate surface area is 169 Å². The van der Waals surface area contributed by atoms with E-state index in [4.69, 9.17) is 0 Å². The van der Waals surface area contributed by atoms with Gasteiger partial charge in [-0.05, 0) is 43.3 Å². The Morgan fingerprint density at radius 2 is 1.59 bits per heavy atom. The maximum absolute atomic E-state index is 12.6. The summed E-state index contributed by atoms with van der Waals surface area (Å²) in [5.74, 6) is 0.531. The minimum atomic E-state index is -0.162. The molecule has 1 amide bonds. The Kier molecular flexibility index (Phi) is 5.29. The third kappa shape index (κ3) is 4.65. The summed E-state index contributed by atoms with van der Waals surface area (Å²) < 4.78 is 0. The van der Waals surface area contributed by atoms with Crippen LogP contribution in [0.4, 0.5) is 17.2 Å². The highest BCUT2D eigenvalue weighted by Gasteiger charge is 2.09. The number of nitrogens with zero attached hydrogens (tertiary/aromatic N) is 2. The zero-order valence-electron chi connectivity index (χ0n) is 16.0. The number of hydrogen-bond acceptors (Lipinski definition) is 4. The maximum atomic E-state index is 12.6. The van der Waals surface area contributed by atoms with Gasteiger partial charge >= 0.3 is 0 Å². The van der Waals surface area contributed by atoms with Gasteiger partial charge in [-0.25, -0.2) is 9.97 Å². The lowest BCUT2D eigenvalue weighted by Crippen LogP contribution is -2.11. The summed E-state index contributed by atoms with van der Waals surface area (Å²) in [4.78, 5) is 21.2. The van der Waals surface area contributed by atoms with Crippen LogP contribution in [0.25, 0.3) is 11.3 Å². The Hall–Kier alpha value is -3.99. The Morgan fingerprint density at radius 3 is 2.38 bits per heavy atom. The zero-order valence-corrected chi connectivity index (χ0v) is 16.0. The van der Waals surface area contributed by atoms with E-state index >= 15 is 0 Å². The molecule has 0 unspecified atom stereocenters. The summed E-state index contributed by atoms with van der Waals surface area (Å²) in [6, 6.07) is 26.7. The van der Waals surface area contributed by atoms with Gasteiger partial charge < -0.3 is 10.6 Å². The molecule has 1 aromatic heterocycles. The van der Waals surface area contributed by atoms with Crippen molar-refractivity contribution in [2.45, 2.75) is 6.92 Å². The fraction of sp³-hybridized carbons (Fsp3) is 0.0417. The van der Waals surface area contributed by atoms with Crippen molar-refractivity contribution >= 4 is 23.1 Å². The highest BCUT2D eigenvalue weighted by atomic mass is 16.1. The number of aromatic nitrogens is 2. The number of nitrogens with one attached hydrogen (secondary N) is 2. The summed E-state index contributed by atoms with van der Waals surface area (Å²) in [7, 11) is 0. The van der Waals surface area contributed by atoms with Crippen LogP contribution in [0.5, 0.6) is 0 Å². The number of amides is 1. The molecule has 0 bridgehead atoms. The van der Waals surface area contributed by atoms with Crippen LogP contribution in [0, 0.1) is 6.92 Å². The second-order valence-corrected chi connectivity index (χ2v) is 6.68. The molecule has 0 saturated heterocycles. The van der Waals surface area contributed by atoms with Crippen LogP contribution in [-0.2, 0) is 0 Å². The van der Waals surface area contributed by atoms with E-state index in [0.717, 1.165) is 22.6 Å². The monoisotopic (exact) mass is 380 g/mol. The lowest BCUT2D eigenvalue weighted by Gasteiger charge is -2.09. The highest BCUT2D eigenvalue weighted by molar-refractivity contribution is 6.04. The Morgan fingerprint density at radius 1 is 0.793 bits per heavy atom. The Bertz CT molecular complexity index is 1120. The van der Waals surface area contributed by atoms with Gasteiger partial charge in [0.25, 0.3) is 5.91 Å². The van der Waals surface area contributed by atoms with E-state index in [1.165, 1.54) is 11.9 Å². The number of anilines is 3. The number of carbonyl (C=O) groups is 1. The topological polar surface area (TPSA) is 66.9 Å². The van der Waals surface area contributed by atoms with Gasteiger partial charge in [0.2, 0.25) is 0 Å². The fourth-order valence-electron chi connectivity index (χ4n) is 2.91. The van der Waals surface area contributed by atoms with Crippen LogP contribution in [-0.4, -0.2) is 15.9 Å². The smallest absolute Gasteiger partial charge is 0.255 e. The number of aryl methyl sites for hydroxylation is 1. The molecule has 0 fully saturated rings. The van der Waals surface area contributed by atoms with Crippen molar-refractivity contribution < 1.29 is 4.79 Å². The molecule has 2 N–H and O–H groups in total. The van der Waals surface area contributed by atoms with Crippen molar-refractivity contribution in [3.05, 3.63) is 102 Å². The number of carbonyl (C=O) groups excluding carboxylic acids is 1. The second-order valence-electron chi connectivity index (χ2n) is 6.68. The number of rotatable bonds is 5. The van der Waals surface area contributed by atoms with Gasteiger partial charge in [-0.3, -0.25) is 4.79 Å². The van der Waals surface area contributed by atoms with Crippen molar-refractivity contribution in [2.24, 2.45) is 0 Å². The molecule has 0 atom stereocenters. The first-order valence-electron chi connectivity index (χ1n) is 9.30. The molecule has 5 nitrogen and oxygen atoms in total. The number of para-hydroxylation sites is 1. The SMILES string of the molecule is Cc1ccc(Nc2cc(-c3cccc(C(=O)Nc4ccccc4)c3)ncn2)cc1. The summed E-state index contributed by atoms with van der Waals surface area (Å²) in [6.45, 7) is 2.05. The largest absolute Gasteiger partial charge is 0.340 e. The van der Waals surface area contributed by atoms with Crippen molar-refractivity contribution in [3.8, 4) is 11.3 Å². The van der Waals surface area contributed by atoms with Crippen molar-refractivity contribution in [1.29, 1.82) is 0 Å². The van der Waals surface area contributed by atoms with E-state index < -0.39 is 0 Å². The van der Waals surface area contributed by atoms with Gasteiger partial charge in [-0.1, -0.05) is 48.0 Å². The van der Waals surface area contributed by atoms with E-state index in [1.54, 1.807) is 6.07 Å². The van der Waals surface area contributed by atoms with Gasteiger partial charge in [0.15, 0.2) is 0 Å². The van der Waals surface area contributed by atoms with Gasteiger partial charge in [0, 0.05) is 28.6 Å². The second kappa shape index (κ2) is 8.35. The molecular formula is C24H20N4O. The number of benzene rings is 3. The van der Waals surface area contributed by atoms with Crippen LogP contribution < -0.4 is 10.6 Å².